The van der Waals surface area contributed by atoms with Gasteiger partial charge in [-0.15, -0.1) is 0 Å². The van der Waals surface area contributed by atoms with Gasteiger partial charge in [-0.2, -0.15) is 0 Å². The molecule has 0 bridgehead atoms. The van der Waals surface area contributed by atoms with Gasteiger partial charge >= 0.3 is 5.97 Å². The number of rotatable bonds is 1. The van der Waals surface area contributed by atoms with Crippen LogP contribution in [0.5, 0.6) is 0 Å². The maximum absolute atomic E-state index is 9.25. The van der Waals surface area contributed by atoms with Crippen molar-refractivity contribution in [3.05, 3.63) is 12.7 Å². The van der Waals surface area contributed by atoms with Crippen LogP contribution >= 0.6 is 12.2 Å². The quantitative estimate of drug-likeness (QED) is 0.343. The third kappa shape index (κ3) is 205. The Hall–Kier alpha value is -1.10. The van der Waals surface area contributed by atoms with E-state index < -0.39 is 5.97 Å². The molecule has 5 heteroatoms. The lowest BCUT2D eigenvalue weighted by Gasteiger charge is -1.68. The molecule has 0 amide bonds. The lowest BCUT2D eigenvalue weighted by atomic mass is 10.7. The van der Waals surface area contributed by atoms with Gasteiger partial charge in [-0.25, -0.2) is 4.79 Å². The van der Waals surface area contributed by atoms with E-state index in [1.54, 1.807) is 0 Å². The summed E-state index contributed by atoms with van der Waals surface area (Å²) < 4.78 is 0. The molecule has 0 saturated heterocycles. The molecule has 0 unspecified atom stereocenters. The first-order valence-electron chi connectivity index (χ1n) is 1.91. The summed E-state index contributed by atoms with van der Waals surface area (Å²) in [6.45, 7) is 2.96. The van der Waals surface area contributed by atoms with E-state index in [0.717, 1.165) is 6.08 Å². The number of carbonyl (C=O) groups is 1. The molecule has 4 nitrogen and oxygen atoms in total. The Bertz CT molecular complexity index is 120. The van der Waals surface area contributed by atoms with Gasteiger partial charge in [0, 0.05) is 6.08 Å². The number of hydrogen-bond donors (Lipinski definition) is 3. The summed E-state index contributed by atoms with van der Waals surface area (Å²) in [6.07, 6.45) is 0.833. The second-order valence-electron chi connectivity index (χ2n) is 0.945. The monoisotopic (exact) mass is 148 g/mol. The van der Waals surface area contributed by atoms with Gasteiger partial charge in [0.1, 0.15) is 0 Å². The third-order valence-electron chi connectivity index (χ3n) is 0.175. The van der Waals surface area contributed by atoms with Crippen LogP contribution in [0.1, 0.15) is 0 Å². The van der Waals surface area contributed by atoms with E-state index in [4.69, 9.17) is 5.11 Å². The van der Waals surface area contributed by atoms with Crippen LogP contribution in [0.3, 0.4) is 0 Å². The molecule has 52 valence electrons. The molecule has 0 atom stereocenters. The van der Waals surface area contributed by atoms with E-state index in [9.17, 15) is 4.79 Å². The zero-order valence-electron chi connectivity index (χ0n) is 4.70. The molecule has 0 aliphatic carbocycles. The Morgan fingerprint density at radius 1 is 1.67 bits per heavy atom. The maximum atomic E-state index is 9.25. The molecule has 0 radical (unpaired) electrons. The minimum absolute atomic E-state index is 0.000000000000000222. The zero-order chi connectivity index (χ0) is 7.86. The van der Waals surface area contributed by atoms with Crippen molar-refractivity contribution < 1.29 is 9.90 Å². The second-order valence-corrected chi connectivity index (χ2v) is 1.42. The van der Waals surface area contributed by atoms with Crippen molar-refractivity contribution in [1.82, 2.24) is 0 Å². The molecule has 0 rings (SSSR count). The third-order valence-corrected chi connectivity index (χ3v) is 0.175. The van der Waals surface area contributed by atoms with Crippen molar-refractivity contribution in [3.63, 3.8) is 0 Å². The highest BCUT2D eigenvalue weighted by Gasteiger charge is 1.73. The Kier molecular flexibility index (Phi) is 8.28. The summed E-state index contributed by atoms with van der Waals surface area (Å²) in [7, 11) is 0. The van der Waals surface area contributed by atoms with E-state index in [-0.39, 0.29) is 5.11 Å². The SMILES string of the molecule is C=CC(=O)O.NC(N)=S. The van der Waals surface area contributed by atoms with Crippen LogP contribution in [0.4, 0.5) is 0 Å². The lowest BCUT2D eigenvalue weighted by molar-refractivity contribution is -0.131. The van der Waals surface area contributed by atoms with E-state index >= 15 is 0 Å². The molecular formula is C4H8N2O2S. The summed E-state index contributed by atoms with van der Waals surface area (Å²) in [6, 6.07) is 0. The van der Waals surface area contributed by atoms with Gasteiger partial charge < -0.3 is 16.6 Å². The van der Waals surface area contributed by atoms with Crippen LogP contribution in [0.2, 0.25) is 0 Å². The first kappa shape index (κ1) is 10.8. The van der Waals surface area contributed by atoms with Crippen LogP contribution in [0, 0.1) is 0 Å². The standard InChI is InChI=1S/C3H4O2.CH4N2S/c1-2-3(4)5;2-1(3)4/h2H,1H2,(H,4,5);(H4,2,3,4). The average Bonchev–Trinajstić information content (AvgIpc) is 1.65. The van der Waals surface area contributed by atoms with Crippen LogP contribution in [-0.4, -0.2) is 16.2 Å². The molecular weight excluding hydrogens is 140 g/mol. The maximum Gasteiger partial charge on any atom is 0.327 e. The molecule has 0 aliphatic heterocycles. The molecule has 9 heavy (non-hydrogen) atoms. The number of thiocarbonyl (C=S) groups is 1. The van der Waals surface area contributed by atoms with Gasteiger partial charge in [0.2, 0.25) is 0 Å². The van der Waals surface area contributed by atoms with Crippen molar-refractivity contribution in [3.8, 4) is 0 Å². The fourth-order valence-corrected chi connectivity index (χ4v) is 0. The van der Waals surface area contributed by atoms with Gasteiger partial charge in [-0.1, -0.05) is 6.58 Å². The molecule has 0 fully saturated rings. The van der Waals surface area contributed by atoms with Crippen molar-refractivity contribution in [2.45, 2.75) is 0 Å². The van der Waals surface area contributed by atoms with Crippen molar-refractivity contribution >= 4 is 23.3 Å². The predicted octanol–water partition coefficient (Wildman–Crippen LogP) is -0.554. The number of nitrogens with two attached hydrogens (primary N) is 2. The largest absolute Gasteiger partial charge is 0.478 e. The normalized spacial score (nSPS) is 6.22. The van der Waals surface area contributed by atoms with E-state index in [1.807, 2.05) is 0 Å². The first-order chi connectivity index (χ1) is 4.00. The highest BCUT2D eigenvalue weighted by molar-refractivity contribution is 7.80. The van der Waals surface area contributed by atoms with Gasteiger partial charge in [0.15, 0.2) is 5.11 Å². The first-order valence-corrected chi connectivity index (χ1v) is 2.31. The van der Waals surface area contributed by atoms with E-state index in [2.05, 4.69) is 30.3 Å². The molecule has 0 aromatic heterocycles. The highest BCUT2D eigenvalue weighted by Crippen LogP contribution is 1.54. The summed E-state index contributed by atoms with van der Waals surface area (Å²) in [4.78, 5) is 9.25. The number of carboxylic acid groups (broad SMARTS) is 1. The lowest BCUT2D eigenvalue weighted by Crippen LogP contribution is -2.18. The number of aliphatic carboxylic acids is 1. The fraction of sp³-hybridized carbons (Fsp3) is 0. The van der Waals surface area contributed by atoms with Gasteiger partial charge in [-0.3, -0.25) is 0 Å². The van der Waals surface area contributed by atoms with Crippen LogP contribution in [0.25, 0.3) is 0 Å². The molecule has 0 spiro atoms. The highest BCUT2D eigenvalue weighted by atomic mass is 32.1. The van der Waals surface area contributed by atoms with Crippen LogP contribution < -0.4 is 11.5 Å². The molecule has 5 N–H and O–H groups in total. The summed E-state index contributed by atoms with van der Waals surface area (Å²) >= 11 is 4.09. The Balaban J connectivity index is 0. The summed E-state index contributed by atoms with van der Waals surface area (Å²) in [5.74, 6) is -0.981. The van der Waals surface area contributed by atoms with Gasteiger partial charge in [0.25, 0.3) is 0 Å². The zero-order valence-corrected chi connectivity index (χ0v) is 5.52. The molecule has 0 heterocycles. The minimum atomic E-state index is -0.981. The minimum Gasteiger partial charge on any atom is -0.478 e. The van der Waals surface area contributed by atoms with E-state index in [0.29, 0.717) is 0 Å². The smallest absolute Gasteiger partial charge is 0.327 e. The Labute approximate surface area is 58.1 Å². The Morgan fingerprint density at radius 2 is 1.78 bits per heavy atom. The fourth-order valence-electron chi connectivity index (χ4n) is 0. The molecule has 0 aromatic carbocycles. The van der Waals surface area contributed by atoms with Crippen LogP contribution in [-0.2, 0) is 4.79 Å². The van der Waals surface area contributed by atoms with Crippen molar-refractivity contribution in [1.29, 1.82) is 0 Å². The van der Waals surface area contributed by atoms with Gasteiger partial charge in [-0.05, 0) is 12.2 Å². The predicted molar refractivity (Wildman–Crippen MR) is 38.8 cm³/mol. The second kappa shape index (κ2) is 6.90. The number of hydrogen-bond acceptors (Lipinski definition) is 2. The van der Waals surface area contributed by atoms with Crippen molar-refractivity contribution in [2.24, 2.45) is 11.5 Å². The molecule has 0 aliphatic rings. The average molecular weight is 148 g/mol. The Morgan fingerprint density at radius 3 is 1.78 bits per heavy atom. The van der Waals surface area contributed by atoms with Gasteiger partial charge in [0.05, 0.1) is 0 Å². The van der Waals surface area contributed by atoms with Crippen LogP contribution in [0.15, 0.2) is 12.7 Å². The van der Waals surface area contributed by atoms with Crippen molar-refractivity contribution in [2.75, 3.05) is 0 Å². The summed E-state index contributed by atoms with van der Waals surface area (Å²) in [5.41, 5.74) is 9.24. The molecule has 0 aromatic rings. The molecule has 0 saturated carbocycles. The summed E-state index contributed by atoms with van der Waals surface area (Å²) in [5, 5.41) is 7.60. The van der Waals surface area contributed by atoms with E-state index in [1.165, 1.54) is 0 Å². The number of carboxylic acids is 1. The topological polar surface area (TPSA) is 89.3 Å².